The number of hydrogen-bond acceptors (Lipinski definition) is 4. The Kier molecular flexibility index (Phi) is 4.47. The minimum Gasteiger partial charge on any atom is -0.493 e. The van der Waals surface area contributed by atoms with Crippen LogP contribution in [0, 0.1) is 22.5 Å². The first-order valence-electron chi connectivity index (χ1n) is 5.85. The first-order chi connectivity index (χ1) is 8.74. The van der Waals surface area contributed by atoms with Gasteiger partial charge in [0.25, 0.3) is 5.69 Å². The number of carboxylic acid groups (broad SMARTS) is 1. The van der Waals surface area contributed by atoms with Gasteiger partial charge in [0, 0.05) is 12.1 Å². The molecule has 19 heavy (non-hydrogen) atoms. The monoisotopic (exact) mass is 267 g/mol. The lowest BCUT2D eigenvalue weighted by atomic mass is 9.90. The van der Waals surface area contributed by atoms with Crippen LogP contribution in [0.2, 0.25) is 0 Å². The van der Waals surface area contributed by atoms with Crippen molar-refractivity contribution in [2.75, 3.05) is 6.61 Å². The van der Waals surface area contributed by atoms with Crippen LogP contribution in [0.5, 0.6) is 5.75 Å². The summed E-state index contributed by atoms with van der Waals surface area (Å²) in [5.41, 5.74) is -0.188. The molecule has 0 unspecified atom stereocenters. The lowest BCUT2D eigenvalue weighted by Crippen LogP contribution is -2.25. The third-order valence-electron chi connectivity index (χ3n) is 2.93. The van der Waals surface area contributed by atoms with Crippen LogP contribution in [0.4, 0.5) is 5.69 Å². The van der Waals surface area contributed by atoms with Gasteiger partial charge in [0.05, 0.1) is 16.9 Å². The van der Waals surface area contributed by atoms with Crippen LogP contribution in [0.1, 0.15) is 25.8 Å². The van der Waals surface area contributed by atoms with Gasteiger partial charge in [-0.25, -0.2) is 0 Å². The zero-order valence-corrected chi connectivity index (χ0v) is 11.2. The fraction of sp³-hybridized carbons (Fsp3) is 0.462. The lowest BCUT2D eigenvalue weighted by Gasteiger charge is -2.19. The Bertz CT molecular complexity index is 496. The predicted molar refractivity (Wildman–Crippen MR) is 69.4 cm³/mol. The summed E-state index contributed by atoms with van der Waals surface area (Å²) in [7, 11) is 0. The second kappa shape index (κ2) is 5.69. The first kappa shape index (κ1) is 14.9. The molecule has 1 N–H and O–H groups in total. The number of hydrogen-bond donors (Lipinski definition) is 1. The third-order valence-corrected chi connectivity index (χ3v) is 2.93. The molecule has 0 aliphatic rings. The summed E-state index contributed by atoms with van der Waals surface area (Å²) >= 11 is 0. The van der Waals surface area contributed by atoms with Gasteiger partial charge in [0.1, 0.15) is 5.75 Å². The maximum atomic E-state index is 10.9. The molecule has 0 heterocycles. The molecule has 0 radical (unpaired) electrons. The Labute approximate surface area is 111 Å². The smallest absolute Gasteiger partial charge is 0.309 e. The van der Waals surface area contributed by atoms with E-state index in [1.807, 2.05) is 0 Å². The van der Waals surface area contributed by atoms with Crippen LogP contribution in [-0.4, -0.2) is 22.6 Å². The van der Waals surface area contributed by atoms with Gasteiger partial charge >= 0.3 is 5.97 Å². The normalized spacial score (nSPS) is 11.1. The van der Waals surface area contributed by atoms with Crippen molar-refractivity contribution in [3.63, 3.8) is 0 Å². The molecule has 0 atom stereocenters. The number of aryl methyl sites for hydroxylation is 1. The SMILES string of the molecule is Cc1cc([N+](=O)[O-])ccc1OCCC(C)(C)C(=O)O. The fourth-order valence-corrected chi connectivity index (χ4v) is 1.43. The van der Waals surface area contributed by atoms with Crippen LogP contribution in [0.15, 0.2) is 18.2 Å². The average Bonchev–Trinajstić information content (AvgIpc) is 2.30. The highest BCUT2D eigenvalue weighted by Crippen LogP contribution is 2.25. The van der Waals surface area contributed by atoms with Crippen molar-refractivity contribution in [3.8, 4) is 5.75 Å². The van der Waals surface area contributed by atoms with E-state index in [0.29, 0.717) is 17.7 Å². The van der Waals surface area contributed by atoms with Crippen molar-refractivity contribution < 1.29 is 19.6 Å². The molecule has 0 saturated heterocycles. The molecule has 0 aliphatic heterocycles. The second-order valence-electron chi connectivity index (χ2n) is 4.99. The maximum Gasteiger partial charge on any atom is 0.309 e. The first-order valence-corrected chi connectivity index (χ1v) is 5.85. The Morgan fingerprint density at radius 3 is 2.58 bits per heavy atom. The second-order valence-corrected chi connectivity index (χ2v) is 4.99. The Hall–Kier alpha value is -2.11. The van der Waals surface area contributed by atoms with Gasteiger partial charge in [-0.15, -0.1) is 0 Å². The summed E-state index contributed by atoms with van der Waals surface area (Å²) in [5.74, 6) is -0.344. The van der Waals surface area contributed by atoms with E-state index in [0.717, 1.165) is 0 Å². The van der Waals surface area contributed by atoms with Crippen LogP contribution >= 0.6 is 0 Å². The van der Waals surface area contributed by atoms with Crippen LogP contribution in [-0.2, 0) is 4.79 Å². The number of nitrogens with zero attached hydrogens (tertiary/aromatic N) is 1. The molecule has 1 rings (SSSR count). The number of nitro groups is 1. The number of benzene rings is 1. The van der Waals surface area contributed by atoms with Crippen LogP contribution < -0.4 is 4.74 Å². The largest absolute Gasteiger partial charge is 0.493 e. The van der Waals surface area contributed by atoms with Gasteiger partial charge in [-0.05, 0) is 38.8 Å². The predicted octanol–water partition coefficient (Wildman–Crippen LogP) is 2.78. The van der Waals surface area contributed by atoms with Gasteiger partial charge in [0.15, 0.2) is 0 Å². The molecular formula is C13H17NO5. The molecule has 1 aromatic rings. The highest BCUT2D eigenvalue weighted by molar-refractivity contribution is 5.73. The van der Waals surface area contributed by atoms with Crippen molar-refractivity contribution >= 4 is 11.7 Å². The number of carbonyl (C=O) groups is 1. The Morgan fingerprint density at radius 2 is 2.11 bits per heavy atom. The third kappa shape index (κ3) is 3.94. The number of non-ortho nitro benzene ring substituents is 1. The molecule has 0 saturated carbocycles. The summed E-state index contributed by atoms with van der Waals surface area (Å²) in [4.78, 5) is 21.0. The summed E-state index contributed by atoms with van der Waals surface area (Å²) < 4.78 is 5.47. The molecule has 104 valence electrons. The van der Waals surface area contributed by atoms with E-state index in [1.165, 1.54) is 18.2 Å². The Morgan fingerprint density at radius 1 is 1.47 bits per heavy atom. The molecule has 0 fully saturated rings. The number of rotatable bonds is 6. The van der Waals surface area contributed by atoms with Crippen molar-refractivity contribution in [2.45, 2.75) is 27.2 Å². The zero-order chi connectivity index (χ0) is 14.6. The molecule has 6 nitrogen and oxygen atoms in total. The summed E-state index contributed by atoms with van der Waals surface area (Å²) in [6, 6.07) is 4.32. The molecule has 0 bridgehead atoms. The molecule has 0 spiro atoms. The minimum absolute atomic E-state index is 0.00992. The average molecular weight is 267 g/mol. The van der Waals surface area contributed by atoms with E-state index in [4.69, 9.17) is 9.84 Å². The lowest BCUT2D eigenvalue weighted by molar-refractivity contribution is -0.384. The van der Waals surface area contributed by atoms with E-state index in [-0.39, 0.29) is 12.3 Å². The standard InChI is InChI=1S/C13H17NO5/c1-9-8-10(14(17)18)4-5-11(9)19-7-6-13(2,3)12(15)16/h4-5,8H,6-7H2,1-3H3,(H,15,16). The molecule has 6 heteroatoms. The topological polar surface area (TPSA) is 89.7 Å². The van der Waals surface area contributed by atoms with Crippen LogP contribution in [0.25, 0.3) is 0 Å². The highest BCUT2D eigenvalue weighted by Gasteiger charge is 2.26. The number of nitro benzene ring substituents is 1. The van der Waals surface area contributed by atoms with Gasteiger partial charge in [-0.2, -0.15) is 0 Å². The van der Waals surface area contributed by atoms with Crippen LogP contribution in [0.3, 0.4) is 0 Å². The van der Waals surface area contributed by atoms with E-state index in [9.17, 15) is 14.9 Å². The number of ether oxygens (including phenoxy) is 1. The quantitative estimate of drug-likeness (QED) is 0.632. The summed E-state index contributed by atoms with van der Waals surface area (Å²) in [6.07, 6.45) is 0.360. The molecule has 0 aliphatic carbocycles. The number of aliphatic carboxylic acids is 1. The number of carboxylic acids is 1. The zero-order valence-electron chi connectivity index (χ0n) is 11.2. The fourth-order valence-electron chi connectivity index (χ4n) is 1.43. The van der Waals surface area contributed by atoms with E-state index in [1.54, 1.807) is 20.8 Å². The highest BCUT2D eigenvalue weighted by atomic mass is 16.6. The summed E-state index contributed by atoms with van der Waals surface area (Å²) in [6.45, 7) is 5.21. The maximum absolute atomic E-state index is 10.9. The van der Waals surface area contributed by atoms with E-state index >= 15 is 0 Å². The van der Waals surface area contributed by atoms with Crippen molar-refractivity contribution in [3.05, 3.63) is 33.9 Å². The van der Waals surface area contributed by atoms with Gasteiger partial charge < -0.3 is 9.84 Å². The van der Waals surface area contributed by atoms with E-state index < -0.39 is 16.3 Å². The molecule has 0 amide bonds. The van der Waals surface area contributed by atoms with E-state index in [2.05, 4.69) is 0 Å². The van der Waals surface area contributed by atoms with Gasteiger partial charge in [-0.1, -0.05) is 0 Å². The van der Waals surface area contributed by atoms with Crippen molar-refractivity contribution in [1.82, 2.24) is 0 Å². The Balaban J connectivity index is 2.64. The van der Waals surface area contributed by atoms with Gasteiger partial charge in [0.2, 0.25) is 0 Å². The van der Waals surface area contributed by atoms with Gasteiger partial charge in [-0.3, -0.25) is 14.9 Å². The molecule has 1 aromatic carbocycles. The molecule has 0 aromatic heterocycles. The minimum atomic E-state index is -0.878. The molecular weight excluding hydrogens is 250 g/mol. The van der Waals surface area contributed by atoms with Crippen molar-refractivity contribution in [1.29, 1.82) is 0 Å². The van der Waals surface area contributed by atoms with Crippen molar-refractivity contribution in [2.24, 2.45) is 5.41 Å². The summed E-state index contributed by atoms with van der Waals surface area (Å²) in [5, 5.41) is 19.5.